The summed E-state index contributed by atoms with van der Waals surface area (Å²) in [6, 6.07) is 5.01. The maximum absolute atomic E-state index is 13.4. The number of halogens is 2. The molecule has 5 nitrogen and oxygen atoms in total. The van der Waals surface area contributed by atoms with Crippen molar-refractivity contribution in [1.29, 1.82) is 0 Å². The highest BCUT2D eigenvalue weighted by molar-refractivity contribution is 5.94. The Morgan fingerprint density at radius 1 is 1.22 bits per heavy atom. The topological polar surface area (TPSA) is 51.0 Å². The van der Waals surface area contributed by atoms with E-state index in [4.69, 9.17) is 4.98 Å². The van der Waals surface area contributed by atoms with E-state index in [1.165, 1.54) is 0 Å². The summed E-state index contributed by atoms with van der Waals surface area (Å²) in [5.41, 5.74) is 1.89. The number of fused-ring (bicyclic) bond motifs is 1. The first-order valence-corrected chi connectivity index (χ1v) is 9.01. The number of imidazole rings is 1. The highest BCUT2D eigenvalue weighted by Crippen LogP contribution is 2.32. The van der Waals surface area contributed by atoms with Crippen LogP contribution < -0.4 is 0 Å². The van der Waals surface area contributed by atoms with Crippen molar-refractivity contribution in [2.24, 2.45) is 0 Å². The molecule has 7 heteroatoms. The van der Waals surface area contributed by atoms with Gasteiger partial charge in [0.1, 0.15) is 17.5 Å². The summed E-state index contributed by atoms with van der Waals surface area (Å²) in [4.78, 5) is 23.3. The maximum atomic E-state index is 13.4. The molecule has 0 N–H and O–H groups in total. The Bertz CT molecular complexity index is 994. The average molecular weight is 370 g/mol. The molecule has 4 rings (SSSR count). The molecule has 1 aliphatic rings. The Hall–Kier alpha value is -2.83. The van der Waals surface area contributed by atoms with E-state index < -0.39 is 11.6 Å². The van der Waals surface area contributed by atoms with Crippen LogP contribution in [-0.4, -0.2) is 38.4 Å². The SMILES string of the molecule is CC(C)n1c(C2CCN(C(=O)c3cc(F)cc(F)c3)C2)nc2ccncc21. The smallest absolute Gasteiger partial charge is 0.254 e. The van der Waals surface area contributed by atoms with Crippen LogP contribution >= 0.6 is 0 Å². The van der Waals surface area contributed by atoms with Crippen molar-refractivity contribution in [3.63, 3.8) is 0 Å². The molecule has 1 aliphatic heterocycles. The van der Waals surface area contributed by atoms with Gasteiger partial charge in [-0.3, -0.25) is 9.78 Å². The fourth-order valence-electron chi connectivity index (χ4n) is 3.81. The normalized spacial score (nSPS) is 17.2. The number of carbonyl (C=O) groups is 1. The van der Waals surface area contributed by atoms with Gasteiger partial charge in [0.25, 0.3) is 5.91 Å². The van der Waals surface area contributed by atoms with Gasteiger partial charge >= 0.3 is 0 Å². The lowest BCUT2D eigenvalue weighted by Crippen LogP contribution is -2.29. The van der Waals surface area contributed by atoms with Crippen molar-refractivity contribution in [3.8, 4) is 0 Å². The number of amides is 1. The maximum Gasteiger partial charge on any atom is 0.254 e. The third kappa shape index (κ3) is 3.18. The van der Waals surface area contributed by atoms with Crippen LogP contribution in [0.1, 0.15) is 48.4 Å². The Kier molecular flexibility index (Phi) is 4.37. The molecule has 3 aromatic rings. The summed E-state index contributed by atoms with van der Waals surface area (Å²) in [6.45, 7) is 5.18. The number of carbonyl (C=O) groups excluding carboxylic acids is 1. The number of pyridine rings is 1. The zero-order valence-corrected chi connectivity index (χ0v) is 15.2. The molecule has 0 aliphatic carbocycles. The van der Waals surface area contributed by atoms with Gasteiger partial charge in [0, 0.05) is 42.9 Å². The third-order valence-corrected chi connectivity index (χ3v) is 4.99. The van der Waals surface area contributed by atoms with Gasteiger partial charge in [-0.15, -0.1) is 0 Å². The number of nitrogens with zero attached hydrogens (tertiary/aromatic N) is 4. The quantitative estimate of drug-likeness (QED) is 0.702. The van der Waals surface area contributed by atoms with Crippen LogP contribution in [0.15, 0.2) is 36.7 Å². The predicted octanol–water partition coefficient (Wildman–Crippen LogP) is 3.92. The largest absolute Gasteiger partial charge is 0.338 e. The summed E-state index contributed by atoms with van der Waals surface area (Å²) >= 11 is 0. The summed E-state index contributed by atoms with van der Waals surface area (Å²) in [5, 5.41) is 0. The first kappa shape index (κ1) is 17.6. The molecular formula is C20H20F2N4O. The minimum atomic E-state index is -0.747. The molecule has 1 aromatic carbocycles. The van der Waals surface area contributed by atoms with E-state index in [2.05, 4.69) is 23.4 Å². The van der Waals surface area contributed by atoms with Crippen molar-refractivity contribution in [2.45, 2.75) is 32.2 Å². The highest BCUT2D eigenvalue weighted by atomic mass is 19.1. The number of likely N-dealkylation sites (tertiary alicyclic amines) is 1. The number of rotatable bonds is 3. The molecule has 1 amide bonds. The van der Waals surface area contributed by atoms with E-state index in [-0.39, 0.29) is 23.4 Å². The minimum Gasteiger partial charge on any atom is -0.338 e. The number of benzene rings is 1. The molecule has 140 valence electrons. The van der Waals surface area contributed by atoms with Crippen molar-refractivity contribution in [2.75, 3.05) is 13.1 Å². The van der Waals surface area contributed by atoms with E-state index in [0.29, 0.717) is 13.1 Å². The van der Waals surface area contributed by atoms with Gasteiger partial charge in [-0.1, -0.05) is 0 Å². The summed E-state index contributed by atoms with van der Waals surface area (Å²) in [7, 11) is 0. The van der Waals surface area contributed by atoms with Crippen LogP contribution in [0.25, 0.3) is 11.0 Å². The van der Waals surface area contributed by atoms with Crippen molar-refractivity contribution < 1.29 is 13.6 Å². The molecule has 1 fully saturated rings. The predicted molar refractivity (Wildman–Crippen MR) is 97.5 cm³/mol. The van der Waals surface area contributed by atoms with Crippen LogP contribution in [-0.2, 0) is 0 Å². The second-order valence-corrected chi connectivity index (χ2v) is 7.19. The van der Waals surface area contributed by atoms with Gasteiger partial charge in [0.15, 0.2) is 0 Å². The standard InChI is InChI=1S/C20H20F2N4O/c1-12(2)26-18-10-23-5-3-17(18)24-19(26)13-4-6-25(11-13)20(27)14-7-15(21)9-16(22)8-14/h3,5,7-10,12-13H,4,6,11H2,1-2H3. The lowest BCUT2D eigenvalue weighted by Gasteiger charge is -2.19. The summed E-state index contributed by atoms with van der Waals surface area (Å²) in [5.74, 6) is -0.855. The molecule has 1 saturated heterocycles. The van der Waals surface area contributed by atoms with Gasteiger partial charge in [-0.25, -0.2) is 13.8 Å². The number of hydrogen-bond acceptors (Lipinski definition) is 3. The fraction of sp³-hybridized carbons (Fsp3) is 0.350. The molecule has 0 bridgehead atoms. The lowest BCUT2D eigenvalue weighted by atomic mass is 10.1. The van der Waals surface area contributed by atoms with Crippen LogP contribution in [0.5, 0.6) is 0 Å². The first-order chi connectivity index (χ1) is 12.9. The van der Waals surface area contributed by atoms with Crippen molar-refractivity contribution in [3.05, 3.63) is 59.7 Å². The highest BCUT2D eigenvalue weighted by Gasteiger charge is 2.32. The van der Waals surface area contributed by atoms with E-state index in [1.54, 1.807) is 17.3 Å². The van der Waals surface area contributed by atoms with Crippen LogP contribution in [0.4, 0.5) is 8.78 Å². The minimum absolute atomic E-state index is 0.0368. The Labute approximate surface area is 155 Å². The molecule has 1 unspecified atom stereocenters. The molecule has 1 atom stereocenters. The third-order valence-electron chi connectivity index (χ3n) is 4.99. The Morgan fingerprint density at radius 3 is 2.67 bits per heavy atom. The molecule has 27 heavy (non-hydrogen) atoms. The van der Waals surface area contributed by atoms with Crippen molar-refractivity contribution >= 4 is 16.9 Å². The van der Waals surface area contributed by atoms with Gasteiger partial charge < -0.3 is 9.47 Å². The molecular weight excluding hydrogens is 350 g/mol. The Balaban J connectivity index is 1.62. The van der Waals surface area contributed by atoms with Crippen LogP contribution in [0, 0.1) is 11.6 Å². The van der Waals surface area contributed by atoms with Gasteiger partial charge in [0.05, 0.1) is 17.2 Å². The first-order valence-electron chi connectivity index (χ1n) is 9.01. The monoisotopic (exact) mass is 370 g/mol. The molecule has 0 saturated carbocycles. The second kappa shape index (κ2) is 6.72. The molecule has 3 heterocycles. The number of aromatic nitrogens is 3. The van der Waals surface area contributed by atoms with E-state index >= 15 is 0 Å². The fourth-order valence-corrected chi connectivity index (χ4v) is 3.81. The van der Waals surface area contributed by atoms with Crippen LogP contribution in [0.3, 0.4) is 0 Å². The lowest BCUT2D eigenvalue weighted by molar-refractivity contribution is 0.0789. The zero-order valence-electron chi connectivity index (χ0n) is 15.2. The molecule has 2 aromatic heterocycles. The molecule has 0 radical (unpaired) electrons. The summed E-state index contributed by atoms with van der Waals surface area (Å²) in [6.07, 6.45) is 4.28. The number of hydrogen-bond donors (Lipinski definition) is 0. The van der Waals surface area contributed by atoms with E-state index in [1.807, 2.05) is 6.07 Å². The van der Waals surface area contributed by atoms with E-state index in [9.17, 15) is 13.6 Å². The summed E-state index contributed by atoms with van der Waals surface area (Å²) < 4.78 is 29.0. The zero-order chi connectivity index (χ0) is 19.1. The van der Waals surface area contributed by atoms with E-state index in [0.717, 1.165) is 41.5 Å². The second-order valence-electron chi connectivity index (χ2n) is 7.19. The van der Waals surface area contributed by atoms with Gasteiger partial charge in [-0.2, -0.15) is 0 Å². The average Bonchev–Trinajstić information content (AvgIpc) is 3.24. The van der Waals surface area contributed by atoms with Crippen molar-refractivity contribution in [1.82, 2.24) is 19.4 Å². The van der Waals surface area contributed by atoms with Gasteiger partial charge in [-0.05, 0) is 38.5 Å². The van der Waals surface area contributed by atoms with Gasteiger partial charge in [0.2, 0.25) is 0 Å². The van der Waals surface area contributed by atoms with Crippen LogP contribution in [0.2, 0.25) is 0 Å². The Morgan fingerprint density at radius 2 is 1.96 bits per heavy atom. The molecule has 0 spiro atoms.